The van der Waals surface area contributed by atoms with Crippen LogP contribution in [0.2, 0.25) is 0 Å². The number of likely N-dealkylation sites (N-methyl/N-ethyl adjacent to an activating group) is 1. The number of carboxylic acid groups (broad SMARTS) is 1. The average molecular weight is 516 g/mol. The number of likely N-dealkylation sites (tertiary alicyclic amines) is 1. The van der Waals surface area contributed by atoms with Gasteiger partial charge in [0.1, 0.15) is 17.2 Å². The van der Waals surface area contributed by atoms with Gasteiger partial charge in [0.15, 0.2) is 5.82 Å². The lowest BCUT2D eigenvalue weighted by molar-refractivity contribution is -0.192. The number of benzene rings is 1. The summed E-state index contributed by atoms with van der Waals surface area (Å²) in [4.78, 5) is 37.9. The zero-order chi connectivity index (χ0) is 27.5. The predicted octanol–water partition coefficient (Wildman–Crippen LogP) is 1.92. The first-order chi connectivity index (χ1) is 17.2. The number of amides is 1. The van der Waals surface area contributed by atoms with Crippen LogP contribution in [-0.4, -0.2) is 81.4 Å². The number of carbonyl (C=O) groups excluding carboxylic acids is 1. The van der Waals surface area contributed by atoms with E-state index in [2.05, 4.69) is 21.8 Å². The van der Waals surface area contributed by atoms with Crippen molar-refractivity contribution in [3.05, 3.63) is 42.1 Å². The van der Waals surface area contributed by atoms with Crippen LogP contribution in [0, 0.1) is 11.8 Å². The number of halogens is 3. The zero-order valence-electron chi connectivity index (χ0n) is 20.0. The minimum atomic E-state index is -5.08. The van der Waals surface area contributed by atoms with E-state index in [1.54, 1.807) is 13.2 Å². The molecular weight excluding hydrogens is 493 g/mol. The van der Waals surface area contributed by atoms with E-state index < -0.39 is 17.7 Å². The maximum absolute atomic E-state index is 12.1. The molecule has 13 heteroatoms. The topological polar surface area (TPSA) is 146 Å². The Morgan fingerprint density at radius 3 is 2.49 bits per heavy atom. The lowest BCUT2D eigenvalue weighted by Crippen LogP contribution is -2.37. The Kier molecular flexibility index (Phi) is 7.54. The molecule has 194 valence electrons. The lowest BCUT2D eigenvalue weighted by Gasteiger charge is -2.16. The Balaban J connectivity index is 0.000000479. The Bertz CT molecular complexity index is 1420. The van der Waals surface area contributed by atoms with Crippen molar-refractivity contribution in [1.29, 1.82) is 0 Å². The van der Waals surface area contributed by atoms with Crippen LogP contribution in [0.3, 0.4) is 0 Å². The van der Waals surface area contributed by atoms with Crippen molar-refractivity contribution in [3.8, 4) is 23.2 Å². The number of hydrogen-bond donors (Lipinski definition) is 3. The highest BCUT2D eigenvalue weighted by atomic mass is 19.4. The monoisotopic (exact) mass is 516 g/mol. The van der Waals surface area contributed by atoms with Gasteiger partial charge in [-0.3, -0.25) is 4.79 Å². The summed E-state index contributed by atoms with van der Waals surface area (Å²) in [6.07, 6.45) is -3.16. The number of aromatic nitrogens is 3. The van der Waals surface area contributed by atoms with Crippen molar-refractivity contribution in [2.24, 2.45) is 0 Å². The molecule has 1 amide bonds. The van der Waals surface area contributed by atoms with Crippen LogP contribution in [0.1, 0.15) is 12.0 Å². The molecule has 37 heavy (non-hydrogen) atoms. The fourth-order valence-corrected chi connectivity index (χ4v) is 3.41. The maximum atomic E-state index is 12.1. The number of alkyl halides is 3. The van der Waals surface area contributed by atoms with Gasteiger partial charge in [-0.15, -0.1) is 0 Å². The number of nitrogens with two attached hydrogens (primary N) is 1. The molecule has 4 rings (SSSR count). The summed E-state index contributed by atoms with van der Waals surface area (Å²) in [5, 5.41) is 18.5. The first kappa shape index (κ1) is 27.2. The second-order valence-electron chi connectivity index (χ2n) is 8.33. The first-order valence-corrected chi connectivity index (χ1v) is 10.7. The third kappa shape index (κ3) is 6.04. The van der Waals surface area contributed by atoms with Crippen molar-refractivity contribution in [3.63, 3.8) is 0 Å². The molecule has 4 N–H and O–H groups in total. The van der Waals surface area contributed by atoms with E-state index in [-0.39, 0.29) is 5.91 Å². The van der Waals surface area contributed by atoms with Crippen LogP contribution >= 0.6 is 0 Å². The summed E-state index contributed by atoms with van der Waals surface area (Å²) >= 11 is 0. The number of aliphatic hydroxyl groups is 1. The molecule has 10 nitrogen and oxygen atoms in total. The van der Waals surface area contributed by atoms with Gasteiger partial charge in [-0.1, -0.05) is 24.0 Å². The fourth-order valence-electron chi connectivity index (χ4n) is 3.41. The highest BCUT2D eigenvalue weighted by Gasteiger charge is 2.42. The van der Waals surface area contributed by atoms with E-state index in [0.717, 1.165) is 16.8 Å². The summed E-state index contributed by atoms with van der Waals surface area (Å²) in [5.41, 5.74) is 6.39. The number of carbonyl (C=O) groups is 2. The summed E-state index contributed by atoms with van der Waals surface area (Å²) in [6.45, 7) is 0.484. The van der Waals surface area contributed by atoms with Gasteiger partial charge in [0.25, 0.3) is 5.91 Å². The average Bonchev–Trinajstić information content (AvgIpc) is 3.10. The first-order valence-electron chi connectivity index (χ1n) is 10.7. The SMILES string of the molecule is CN1CC[C@@](O)(C#Cc2cccc(-c3nc(N(C)C)c4ccnc(N)c4n3)c2)C1=O.O=C(O)C(F)(F)F. The maximum Gasteiger partial charge on any atom is 0.490 e. The predicted molar refractivity (Wildman–Crippen MR) is 129 cm³/mol. The van der Waals surface area contributed by atoms with E-state index in [1.165, 1.54) is 4.90 Å². The molecule has 1 saturated heterocycles. The second-order valence-corrected chi connectivity index (χ2v) is 8.33. The zero-order valence-corrected chi connectivity index (χ0v) is 20.0. The summed E-state index contributed by atoms with van der Waals surface area (Å²) in [5.74, 6) is 4.09. The van der Waals surface area contributed by atoms with E-state index in [9.17, 15) is 23.1 Å². The number of hydrogen-bond acceptors (Lipinski definition) is 8. The van der Waals surface area contributed by atoms with E-state index in [4.69, 9.17) is 20.6 Å². The van der Waals surface area contributed by atoms with Gasteiger partial charge in [0.05, 0.1) is 0 Å². The number of carboxylic acids is 1. The Labute approximate surface area is 209 Å². The van der Waals surface area contributed by atoms with Gasteiger partial charge in [-0.2, -0.15) is 13.2 Å². The highest BCUT2D eigenvalue weighted by Crippen LogP contribution is 2.29. The smallest absolute Gasteiger partial charge is 0.475 e. The molecule has 0 saturated carbocycles. The van der Waals surface area contributed by atoms with Crippen LogP contribution in [-0.2, 0) is 9.59 Å². The number of fused-ring (bicyclic) bond motifs is 1. The number of pyridine rings is 1. The quantitative estimate of drug-likeness (QED) is 0.435. The summed E-state index contributed by atoms with van der Waals surface area (Å²) in [6, 6.07) is 9.19. The molecule has 1 atom stereocenters. The van der Waals surface area contributed by atoms with Crippen molar-refractivity contribution >= 4 is 34.4 Å². The van der Waals surface area contributed by atoms with Crippen molar-refractivity contribution in [1.82, 2.24) is 19.9 Å². The van der Waals surface area contributed by atoms with Crippen LogP contribution in [0.25, 0.3) is 22.3 Å². The highest BCUT2D eigenvalue weighted by molar-refractivity contribution is 5.96. The Hall–Kier alpha value is -4.44. The Morgan fingerprint density at radius 2 is 1.92 bits per heavy atom. The van der Waals surface area contributed by atoms with Crippen molar-refractivity contribution in [2.75, 3.05) is 38.3 Å². The van der Waals surface area contributed by atoms with Crippen molar-refractivity contribution in [2.45, 2.75) is 18.2 Å². The minimum absolute atomic E-state index is 0.293. The van der Waals surface area contributed by atoms with Crippen LogP contribution in [0.15, 0.2) is 36.5 Å². The largest absolute Gasteiger partial charge is 0.490 e. The number of aliphatic carboxylic acids is 1. The minimum Gasteiger partial charge on any atom is -0.475 e. The molecule has 3 heterocycles. The molecule has 0 spiro atoms. The molecule has 0 unspecified atom stereocenters. The molecule has 1 aromatic carbocycles. The fraction of sp³-hybridized carbons (Fsp3) is 0.292. The van der Waals surface area contributed by atoms with Gasteiger partial charge in [0.2, 0.25) is 5.60 Å². The molecule has 0 aliphatic carbocycles. The summed E-state index contributed by atoms with van der Waals surface area (Å²) in [7, 11) is 5.46. The van der Waals surface area contributed by atoms with E-state index in [1.807, 2.05) is 49.3 Å². The van der Waals surface area contributed by atoms with Crippen LogP contribution < -0.4 is 10.6 Å². The van der Waals surface area contributed by atoms with Crippen LogP contribution in [0.4, 0.5) is 24.8 Å². The van der Waals surface area contributed by atoms with Gasteiger partial charge < -0.3 is 25.7 Å². The molecule has 1 fully saturated rings. The van der Waals surface area contributed by atoms with Gasteiger partial charge in [-0.05, 0) is 18.2 Å². The normalized spacial score (nSPS) is 17.1. The van der Waals surface area contributed by atoms with Gasteiger partial charge >= 0.3 is 12.1 Å². The molecular formula is C24H23F3N6O4. The van der Waals surface area contributed by atoms with E-state index in [0.29, 0.717) is 35.7 Å². The third-order valence-electron chi connectivity index (χ3n) is 5.33. The Morgan fingerprint density at radius 1 is 1.24 bits per heavy atom. The number of rotatable bonds is 2. The number of nitrogens with zero attached hydrogens (tertiary/aromatic N) is 5. The van der Waals surface area contributed by atoms with E-state index >= 15 is 0 Å². The number of nitrogen functional groups attached to an aromatic ring is 1. The molecule has 1 aliphatic rings. The lowest BCUT2D eigenvalue weighted by atomic mass is 10.0. The number of anilines is 2. The summed E-state index contributed by atoms with van der Waals surface area (Å²) < 4.78 is 31.7. The second kappa shape index (κ2) is 10.3. The van der Waals surface area contributed by atoms with Crippen LogP contribution in [0.5, 0.6) is 0 Å². The van der Waals surface area contributed by atoms with Crippen molar-refractivity contribution < 1.29 is 33.0 Å². The van der Waals surface area contributed by atoms with Gasteiger partial charge in [0, 0.05) is 56.8 Å². The van der Waals surface area contributed by atoms with Gasteiger partial charge in [-0.25, -0.2) is 19.7 Å². The molecule has 3 aromatic rings. The third-order valence-corrected chi connectivity index (χ3v) is 5.33. The standard InChI is InChI=1S/C22H22N6O2.C2HF3O2/c1-27(2)20-16-8-11-24-18(23)17(16)25-19(26-20)15-6-4-5-14(13-15)7-9-22(30)10-12-28(3)21(22)29;3-2(4,5)1(6)7/h4-6,8,11,13,30H,10,12H2,1-3H3,(H2,23,24);(H,6,7)/t22-;/m0./s1. The molecule has 1 aliphatic heterocycles. The molecule has 2 aromatic heterocycles. The molecule has 0 radical (unpaired) electrons. The molecule has 0 bridgehead atoms.